The Kier molecular flexibility index (Phi) is 7.37. The molecule has 3 heterocycles. The van der Waals surface area contributed by atoms with Crippen molar-refractivity contribution in [2.75, 3.05) is 17.8 Å². The van der Waals surface area contributed by atoms with Crippen molar-refractivity contribution in [1.82, 2.24) is 24.6 Å². The number of benzene rings is 1. The van der Waals surface area contributed by atoms with Crippen LogP contribution in [0.25, 0.3) is 11.2 Å². The summed E-state index contributed by atoms with van der Waals surface area (Å²) in [5, 5.41) is 42.0. The van der Waals surface area contributed by atoms with Crippen LogP contribution in [-0.2, 0) is 18.6 Å². The van der Waals surface area contributed by atoms with Crippen LogP contribution in [0.15, 0.2) is 36.7 Å². The van der Waals surface area contributed by atoms with E-state index in [2.05, 4.69) is 20.0 Å². The molecule has 0 unspecified atom stereocenters. The van der Waals surface area contributed by atoms with Gasteiger partial charge in [0.2, 0.25) is 5.95 Å². The molecule has 1 fully saturated rings. The van der Waals surface area contributed by atoms with Crippen molar-refractivity contribution in [3.8, 4) is 5.75 Å². The summed E-state index contributed by atoms with van der Waals surface area (Å²) in [7, 11) is -4.28. The number of anilines is 2. The van der Waals surface area contributed by atoms with E-state index >= 15 is 0 Å². The summed E-state index contributed by atoms with van der Waals surface area (Å²) in [4.78, 5) is 23.2. The molecule has 3 aromatic rings. The number of para-hydroxylation sites is 1. The van der Waals surface area contributed by atoms with Crippen molar-refractivity contribution in [2.24, 2.45) is 0 Å². The van der Waals surface area contributed by atoms with Crippen LogP contribution in [0, 0.1) is 0 Å². The molecular weight excluding hydrogens is 501 g/mol. The van der Waals surface area contributed by atoms with Crippen molar-refractivity contribution in [3.05, 3.63) is 36.7 Å². The third kappa shape index (κ3) is 5.24. The van der Waals surface area contributed by atoms with Gasteiger partial charge in [-0.1, -0.05) is 18.2 Å². The van der Waals surface area contributed by atoms with Gasteiger partial charge in [-0.05, 0) is 19.1 Å². The van der Waals surface area contributed by atoms with Crippen LogP contribution in [0.1, 0.15) is 13.2 Å². The Morgan fingerprint density at radius 2 is 2.00 bits per heavy atom. The van der Waals surface area contributed by atoms with Crippen molar-refractivity contribution >= 4 is 36.6 Å². The van der Waals surface area contributed by atoms with Gasteiger partial charge in [0.1, 0.15) is 30.1 Å². The zero-order valence-corrected chi connectivity index (χ0v) is 19.6. The lowest BCUT2D eigenvalue weighted by Crippen LogP contribution is -2.36. The number of nitrogens with zero attached hydrogens (tertiary/aromatic N) is 4. The average Bonchev–Trinajstić information content (AvgIpc) is 3.38. The first-order valence-electron chi connectivity index (χ1n) is 10.5. The number of imidazole rings is 1. The second-order valence-corrected chi connectivity index (χ2v) is 9.49. The van der Waals surface area contributed by atoms with Gasteiger partial charge in [0.05, 0.1) is 12.9 Å². The molecule has 194 valence electrons. The van der Waals surface area contributed by atoms with E-state index in [4.69, 9.17) is 19.5 Å². The molecule has 1 saturated heterocycles. The van der Waals surface area contributed by atoms with E-state index in [9.17, 15) is 29.9 Å². The number of carbonyl (C=O) groups is 1. The van der Waals surface area contributed by atoms with E-state index in [0.717, 1.165) is 0 Å². The molecule has 16 nitrogen and oxygen atoms in total. The molecule has 0 saturated carbocycles. The lowest BCUT2D eigenvalue weighted by molar-refractivity contribution is -0.138. The van der Waals surface area contributed by atoms with E-state index in [0.29, 0.717) is 0 Å². The Hall–Kier alpha value is -3.37. The van der Waals surface area contributed by atoms with E-state index in [-0.39, 0.29) is 28.7 Å². The highest BCUT2D eigenvalue weighted by Gasteiger charge is 2.46. The Bertz CT molecular complexity index is 1280. The van der Waals surface area contributed by atoms with Gasteiger partial charge < -0.3 is 30.3 Å². The summed E-state index contributed by atoms with van der Waals surface area (Å²) in [5.41, 5.74) is 7.71. The first kappa shape index (κ1) is 25.7. The lowest BCUT2D eigenvalue weighted by Gasteiger charge is -2.24. The number of nitrogen functional groups attached to an aromatic ring is 1. The summed E-state index contributed by atoms with van der Waals surface area (Å²) in [6, 6.07) is 6.63. The predicted octanol–water partition coefficient (Wildman–Crippen LogP) is 0.0952. The van der Waals surface area contributed by atoms with E-state index in [1.165, 1.54) is 30.0 Å². The van der Waals surface area contributed by atoms with Crippen LogP contribution in [0.2, 0.25) is 0 Å². The largest absolute Gasteiger partial charge is 0.480 e. The van der Waals surface area contributed by atoms with Gasteiger partial charge in [-0.15, -0.1) is 0 Å². The van der Waals surface area contributed by atoms with Crippen LogP contribution in [0.4, 0.5) is 11.8 Å². The highest BCUT2D eigenvalue weighted by atomic mass is 31.2. The zero-order chi connectivity index (χ0) is 26.0. The summed E-state index contributed by atoms with van der Waals surface area (Å²) in [5.74, 6) is -1.44. The molecular formula is C19H24N7O9P. The number of fused-ring (bicyclic) bond motifs is 1. The average molecular weight is 525 g/mol. The molecule has 8 N–H and O–H groups in total. The number of carboxylic acid groups (broad SMARTS) is 1. The Morgan fingerprint density at radius 1 is 1.28 bits per heavy atom. The molecule has 17 heteroatoms. The minimum absolute atomic E-state index is 0.0817. The monoisotopic (exact) mass is 525 g/mol. The highest BCUT2D eigenvalue weighted by Crippen LogP contribution is 2.46. The number of hydrogen-bond acceptors (Lipinski definition) is 13. The number of aliphatic hydroxyl groups is 2. The SMILES string of the molecule is C[C@@H](N[P@@](=O)(OC[C@H]1O[C@@H](n2cnc3c(NO)nc(N)nc32)[C@H](O)[C@@H]1O)Oc1ccccc1)C(=O)O. The van der Waals surface area contributed by atoms with Gasteiger partial charge in [-0.25, -0.2) is 9.55 Å². The fourth-order valence-corrected chi connectivity index (χ4v) is 4.98. The maximum Gasteiger partial charge on any atom is 0.459 e. The molecule has 0 bridgehead atoms. The van der Waals surface area contributed by atoms with Crippen molar-refractivity contribution in [3.63, 3.8) is 0 Å². The molecule has 0 spiro atoms. The van der Waals surface area contributed by atoms with Crippen LogP contribution in [0.5, 0.6) is 5.75 Å². The third-order valence-electron chi connectivity index (χ3n) is 5.26. The van der Waals surface area contributed by atoms with E-state index < -0.39 is 50.9 Å². The standard InChI is InChI=1S/C19H24N7O9P/c1-9(18(29)30)25-36(32,35-10-5-3-2-4-6-10)33-7-11-13(27)14(28)17(34-11)26-8-21-12-15(24-31)22-19(20)23-16(12)26/h2-6,8-9,11,13-14,17,27-28,31H,7H2,1H3,(H,25,32)(H,29,30)(H3,20,22,23,24)/t9-,11-,13-,14-,17-,36-/m1/s1. The summed E-state index contributed by atoms with van der Waals surface area (Å²) < 4.78 is 31.2. The molecule has 0 amide bonds. The normalized spacial score (nSPS) is 24.3. The molecule has 1 aromatic carbocycles. The van der Waals surface area contributed by atoms with Gasteiger partial charge in [-0.2, -0.15) is 15.1 Å². The van der Waals surface area contributed by atoms with Crippen molar-refractivity contribution in [1.29, 1.82) is 0 Å². The molecule has 6 atom stereocenters. The lowest BCUT2D eigenvalue weighted by atomic mass is 10.1. The molecule has 0 aliphatic carbocycles. The topological polar surface area (TPSA) is 236 Å². The fraction of sp³-hybridized carbons (Fsp3) is 0.368. The molecule has 4 rings (SSSR count). The number of nitrogens with two attached hydrogens (primary N) is 1. The second-order valence-electron chi connectivity index (χ2n) is 7.80. The molecule has 1 aliphatic rings. The van der Waals surface area contributed by atoms with Crippen molar-refractivity contribution in [2.45, 2.75) is 37.5 Å². The van der Waals surface area contributed by atoms with Crippen LogP contribution >= 0.6 is 7.75 Å². The zero-order valence-electron chi connectivity index (χ0n) is 18.7. The quantitative estimate of drug-likeness (QED) is 0.137. The van der Waals surface area contributed by atoms with Gasteiger partial charge in [0.25, 0.3) is 0 Å². The van der Waals surface area contributed by atoms with Crippen LogP contribution < -0.4 is 20.8 Å². The van der Waals surface area contributed by atoms with E-state index in [1.807, 2.05) is 5.48 Å². The number of nitrogens with one attached hydrogen (secondary N) is 2. The molecule has 36 heavy (non-hydrogen) atoms. The highest BCUT2D eigenvalue weighted by molar-refractivity contribution is 7.52. The van der Waals surface area contributed by atoms with Gasteiger partial charge in [-0.3, -0.25) is 24.6 Å². The minimum Gasteiger partial charge on any atom is -0.480 e. The summed E-state index contributed by atoms with van der Waals surface area (Å²) >= 11 is 0. The minimum atomic E-state index is -4.28. The fourth-order valence-electron chi connectivity index (χ4n) is 3.47. The number of hydrogen-bond donors (Lipinski definition) is 7. The number of ether oxygens (including phenoxy) is 1. The smallest absolute Gasteiger partial charge is 0.459 e. The Balaban J connectivity index is 1.53. The molecule has 2 aromatic heterocycles. The van der Waals surface area contributed by atoms with E-state index in [1.54, 1.807) is 18.2 Å². The number of aliphatic hydroxyl groups excluding tert-OH is 2. The van der Waals surface area contributed by atoms with Gasteiger partial charge in [0.15, 0.2) is 23.2 Å². The molecule has 1 aliphatic heterocycles. The third-order valence-corrected chi connectivity index (χ3v) is 6.90. The number of aliphatic carboxylic acids is 1. The Morgan fingerprint density at radius 3 is 2.67 bits per heavy atom. The van der Waals surface area contributed by atoms with Gasteiger partial charge in [0, 0.05) is 0 Å². The maximum absolute atomic E-state index is 13.3. The predicted molar refractivity (Wildman–Crippen MR) is 122 cm³/mol. The second kappa shape index (κ2) is 10.3. The summed E-state index contributed by atoms with van der Waals surface area (Å²) in [6.07, 6.45) is -4.21. The number of carboxylic acids is 1. The number of rotatable bonds is 10. The van der Waals surface area contributed by atoms with Gasteiger partial charge >= 0.3 is 13.7 Å². The Labute approximate surface area is 203 Å². The van der Waals surface area contributed by atoms with Crippen molar-refractivity contribution < 1.29 is 43.7 Å². The van der Waals surface area contributed by atoms with Crippen LogP contribution in [-0.4, -0.2) is 77.0 Å². The molecule has 0 radical (unpaired) electrons. The summed E-state index contributed by atoms with van der Waals surface area (Å²) in [6.45, 7) is 0.700. The number of aromatic nitrogens is 4. The maximum atomic E-state index is 13.3. The van der Waals surface area contributed by atoms with Crippen LogP contribution in [0.3, 0.4) is 0 Å². The first-order chi connectivity index (χ1) is 17.1. The first-order valence-corrected chi connectivity index (χ1v) is 12.1.